The normalized spacial score (nSPS) is 10.2. The number of para-hydroxylation sites is 1. The minimum absolute atomic E-state index is 0. The molecule has 0 radical (unpaired) electrons. The summed E-state index contributed by atoms with van der Waals surface area (Å²) in [5.74, 6) is 0. The molecule has 4 nitrogen and oxygen atoms in total. The molecule has 8 rings (SSSR count). The molecule has 0 aliphatic heterocycles. The molecular formula is C60H86N4. The summed E-state index contributed by atoms with van der Waals surface area (Å²) in [5, 5.41) is 6.15. The molecule has 0 saturated carbocycles. The molecule has 0 aliphatic rings. The van der Waals surface area contributed by atoms with Gasteiger partial charge in [0.2, 0.25) is 0 Å². The maximum absolute atomic E-state index is 4.41. The Balaban J connectivity index is 0. The number of aromatic nitrogens is 4. The monoisotopic (exact) mass is 863 g/mol. The summed E-state index contributed by atoms with van der Waals surface area (Å²) < 4.78 is 0. The Bertz CT molecular complexity index is 2050. The molecule has 8 aromatic rings. The molecule has 0 N–H and O–H groups in total. The summed E-state index contributed by atoms with van der Waals surface area (Å²) in [4.78, 5) is 16.5. The van der Waals surface area contributed by atoms with E-state index in [0.29, 0.717) is 21.7 Å². The van der Waals surface area contributed by atoms with Gasteiger partial charge in [0.25, 0.3) is 0 Å². The van der Waals surface area contributed by atoms with Gasteiger partial charge in [-0.25, -0.2) is 0 Å². The van der Waals surface area contributed by atoms with E-state index < -0.39 is 0 Å². The van der Waals surface area contributed by atoms with Crippen LogP contribution in [-0.2, 0) is 0 Å². The zero-order valence-corrected chi connectivity index (χ0v) is 41.1. The number of rotatable bonds is 1. The van der Waals surface area contributed by atoms with E-state index in [9.17, 15) is 0 Å². The highest BCUT2D eigenvalue weighted by Gasteiger charge is 2.00. The number of pyridine rings is 4. The summed E-state index contributed by atoms with van der Waals surface area (Å²) >= 11 is 0. The van der Waals surface area contributed by atoms with Gasteiger partial charge in [-0.2, -0.15) is 0 Å². The first-order valence-electron chi connectivity index (χ1n) is 21.7. The fourth-order valence-corrected chi connectivity index (χ4v) is 4.29. The third-order valence-corrected chi connectivity index (χ3v) is 6.35. The van der Waals surface area contributed by atoms with Gasteiger partial charge < -0.3 is 0 Å². The van der Waals surface area contributed by atoms with Crippen molar-refractivity contribution >= 4 is 32.4 Å². The van der Waals surface area contributed by atoms with Gasteiger partial charge in [-0.1, -0.05) is 235 Å². The molecule has 0 fully saturated rings. The van der Waals surface area contributed by atoms with Gasteiger partial charge in [-0.15, -0.1) is 0 Å². The van der Waals surface area contributed by atoms with E-state index in [2.05, 4.69) is 185 Å². The van der Waals surface area contributed by atoms with Crippen molar-refractivity contribution in [3.63, 3.8) is 0 Å². The molecule has 0 atom stereocenters. The third kappa shape index (κ3) is 35.8. The lowest BCUT2D eigenvalue weighted by molar-refractivity contribution is 0.469. The van der Waals surface area contributed by atoms with Crippen molar-refractivity contribution in [1.82, 2.24) is 19.9 Å². The molecule has 4 aromatic carbocycles. The van der Waals surface area contributed by atoms with Crippen molar-refractivity contribution in [2.45, 2.75) is 126 Å². The van der Waals surface area contributed by atoms with E-state index in [0.717, 1.165) is 16.8 Å². The van der Waals surface area contributed by atoms with Crippen molar-refractivity contribution in [1.29, 1.82) is 0 Å². The second-order valence-electron chi connectivity index (χ2n) is 21.2. The first-order valence-corrected chi connectivity index (χ1v) is 21.7. The van der Waals surface area contributed by atoms with Crippen molar-refractivity contribution < 1.29 is 0 Å². The molecule has 64 heavy (non-hydrogen) atoms. The highest BCUT2D eigenvalue weighted by Crippen LogP contribution is 2.22. The first kappa shape index (κ1) is 60.3. The van der Waals surface area contributed by atoms with Gasteiger partial charge in [0.05, 0.1) is 11.2 Å². The van der Waals surface area contributed by atoms with Crippen molar-refractivity contribution in [2.24, 2.45) is 21.7 Å². The van der Waals surface area contributed by atoms with Crippen molar-refractivity contribution in [2.75, 3.05) is 0 Å². The standard InChI is InChI=1S/C13H9N.C11H9N.C9H7N.C5H5N.4C5H12.2CH4/c1-2-6-11-10(5-1)9-14-13-8-4-3-7-12(11)13;1-2-6-10(7-3-1)11-8-4-5-9-12-11;1-2-4-9-7-10-6-5-8(9)3-1;1-2-4-6-5-3-1;4*1-5(2,3)4;;/h1-9H;1-9H;1-7H;1-5H;4*1-4H3;2*1H4. The van der Waals surface area contributed by atoms with Gasteiger partial charge in [0, 0.05) is 53.5 Å². The van der Waals surface area contributed by atoms with Crippen molar-refractivity contribution in [3.8, 4) is 11.3 Å². The van der Waals surface area contributed by atoms with Crippen LogP contribution in [0.4, 0.5) is 0 Å². The molecule has 0 spiro atoms. The Labute approximate surface area is 392 Å². The van der Waals surface area contributed by atoms with Crippen LogP contribution < -0.4 is 0 Å². The average Bonchev–Trinajstić information content (AvgIpc) is 3.20. The van der Waals surface area contributed by atoms with Crippen LogP contribution in [0.1, 0.15) is 126 Å². The number of hydrogen-bond acceptors (Lipinski definition) is 4. The number of fused-ring (bicyclic) bond motifs is 4. The van der Waals surface area contributed by atoms with Crippen molar-refractivity contribution in [3.05, 3.63) is 183 Å². The minimum atomic E-state index is 0. The van der Waals surface area contributed by atoms with E-state index in [1.54, 1.807) is 12.4 Å². The second-order valence-corrected chi connectivity index (χ2v) is 21.2. The molecule has 346 valence electrons. The number of nitrogens with zero attached hydrogens (tertiary/aromatic N) is 4. The minimum Gasteiger partial charge on any atom is -0.265 e. The molecule has 0 bridgehead atoms. The fourth-order valence-electron chi connectivity index (χ4n) is 4.29. The highest BCUT2D eigenvalue weighted by molar-refractivity contribution is 6.05. The first-order chi connectivity index (χ1) is 28.9. The zero-order valence-electron chi connectivity index (χ0n) is 41.1. The topological polar surface area (TPSA) is 51.6 Å². The molecule has 4 heteroatoms. The van der Waals surface area contributed by atoms with Gasteiger partial charge >= 0.3 is 0 Å². The van der Waals surface area contributed by atoms with Gasteiger partial charge in [0.15, 0.2) is 0 Å². The van der Waals surface area contributed by atoms with Crippen LogP contribution in [0.3, 0.4) is 0 Å². The van der Waals surface area contributed by atoms with Crippen LogP contribution in [0.25, 0.3) is 43.7 Å². The average molecular weight is 863 g/mol. The summed E-state index contributed by atoms with van der Waals surface area (Å²) in [5.41, 5.74) is 5.25. The van der Waals surface area contributed by atoms with Crippen LogP contribution in [-0.4, -0.2) is 19.9 Å². The molecule has 0 unspecified atom stereocenters. The molecule has 0 saturated heterocycles. The maximum atomic E-state index is 4.41. The SMILES string of the molecule is C.C.CC(C)(C)C.CC(C)(C)C.CC(C)(C)C.CC(C)(C)C.c1ccc(-c2ccccn2)cc1.c1ccc2c(c1)cnc1ccccc12.c1ccc2cnccc2c1.c1ccncc1. The smallest absolute Gasteiger partial charge is 0.0708 e. The Hall–Kier alpha value is -5.74. The lowest BCUT2D eigenvalue weighted by Gasteiger charge is -2.05. The molecule has 4 aromatic heterocycles. The molecule has 4 heterocycles. The summed E-state index contributed by atoms with van der Waals surface area (Å²) in [7, 11) is 0. The van der Waals surface area contributed by atoms with Crippen LogP contribution in [0.2, 0.25) is 0 Å². The summed E-state index contributed by atoms with van der Waals surface area (Å²) in [6.07, 6.45) is 10.9. The van der Waals surface area contributed by atoms with Crippen LogP contribution in [0.15, 0.2) is 183 Å². The van der Waals surface area contributed by atoms with Crippen LogP contribution in [0, 0.1) is 21.7 Å². The second kappa shape index (κ2) is 31.2. The highest BCUT2D eigenvalue weighted by atomic mass is 14.7. The van der Waals surface area contributed by atoms with E-state index in [-0.39, 0.29) is 14.9 Å². The largest absolute Gasteiger partial charge is 0.265 e. The molecular weight excluding hydrogens is 777 g/mol. The Morgan fingerprint density at radius 3 is 1.16 bits per heavy atom. The predicted molar refractivity (Wildman–Crippen MR) is 289 cm³/mol. The molecule has 0 aliphatic carbocycles. The Kier molecular flexibility index (Phi) is 29.4. The Morgan fingerprint density at radius 2 is 0.703 bits per heavy atom. The zero-order chi connectivity index (χ0) is 46.7. The Morgan fingerprint density at radius 1 is 0.297 bits per heavy atom. The van der Waals surface area contributed by atoms with Gasteiger partial charge in [0.1, 0.15) is 0 Å². The van der Waals surface area contributed by atoms with Gasteiger partial charge in [-0.3, -0.25) is 19.9 Å². The fraction of sp³-hybridized carbons (Fsp3) is 0.367. The van der Waals surface area contributed by atoms with E-state index >= 15 is 0 Å². The lowest BCUT2D eigenvalue weighted by atomic mass is 10.0. The summed E-state index contributed by atoms with van der Waals surface area (Å²) in [6, 6.07) is 48.6. The lowest BCUT2D eigenvalue weighted by Crippen LogP contribution is -1.93. The van der Waals surface area contributed by atoms with Crippen LogP contribution in [0.5, 0.6) is 0 Å². The quantitative estimate of drug-likeness (QED) is 0.154. The predicted octanol–water partition coefficient (Wildman–Crippen LogP) is 18.9. The van der Waals surface area contributed by atoms with E-state index in [4.69, 9.17) is 0 Å². The van der Waals surface area contributed by atoms with Crippen LogP contribution >= 0.6 is 0 Å². The van der Waals surface area contributed by atoms with E-state index in [1.807, 2.05) is 116 Å². The third-order valence-electron chi connectivity index (χ3n) is 6.35. The number of hydrogen-bond donors (Lipinski definition) is 0. The maximum Gasteiger partial charge on any atom is 0.0708 e. The number of benzene rings is 4. The molecule has 0 amide bonds. The van der Waals surface area contributed by atoms with E-state index in [1.165, 1.54) is 26.9 Å². The van der Waals surface area contributed by atoms with Gasteiger partial charge in [-0.05, 0) is 74.2 Å². The summed E-state index contributed by atoms with van der Waals surface area (Å²) in [6.45, 7) is 35.0.